The molecule has 0 aromatic carbocycles. The number of imidazole rings is 1. The fourth-order valence-electron chi connectivity index (χ4n) is 1.02. The Morgan fingerprint density at radius 2 is 2.36 bits per heavy atom. The van der Waals surface area contributed by atoms with Gasteiger partial charge in [0.05, 0.1) is 19.9 Å². The van der Waals surface area contributed by atoms with E-state index in [2.05, 4.69) is 9.72 Å². The van der Waals surface area contributed by atoms with E-state index in [0.717, 1.165) is 0 Å². The number of carboxylic acids is 1. The second-order valence-corrected chi connectivity index (χ2v) is 2.64. The molecule has 0 amide bonds. The third kappa shape index (κ3) is 2.32. The summed E-state index contributed by atoms with van der Waals surface area (Å²) >= 11 is 0. The van der Waals surface area contributed by atoms with Crippen LogP contribution in [0.5, 0.6) is 0 Å². The molecule has 0 aliphatic heterocycles. The molecule has 0 saturated heterocycles. The maximum Gasteiger partial charge on any atom is 0.327 e. The Bertz CT molecular complexity index is 320. The predicted octanol–water partition coefficient (Wildman–Crippen LogP) is 0.0719. The molecule has 1 rings (SSSR count). The van der Waals surface area contributed by atoms with Gasteiger partial charge in [0.1, 0.15) is 6.04 Å². The Morgan fingerprint density at radius 3 is 2.79 bits per heavy atom. The summed E-state index contributed by atoms with van der Waals surface area (Å²) in [7, 11) is 1.22. The van der Waals surface area contributed by atoms with E-state index in [4.69, 9.17) is 5.11 Å². The van der Waals surface area contributed by atoms with Gasteiger partial charge in [-0.1, -0.05) is 0 Å². The molecule has 76 valence electrons. The second kappa shape index (κ2) is 4.40. The molecule has 1 atom stereocenters. The predicted molar refractivity (Wildman–Crippen MR) is 45.5 cm³/mol. The number of carbonyl (C=O) groups is 2. The first-order valence-corrected chi connectivity index (χ1v) is 3.92. The first-order valence-electron chi connectivity index (χ1n) is 3.92. The Labute approximate surface area is 80.1 Å². The highest BCUT2D eigenvalue weighted by Crippen LogP contribution is 2.11. The van der Waals surface area contributed by atoms with E-state index in [0.29, 0.717) is 0 Å². The average molecular weight is 198 g/mol. The third-order valence-electron chi connectivity index (χ3n) is 1.76. The van der Waals surface area contributed by atoms with Crippen molar-refractivity contribution in [3.63, 3.8) is 0 Å². The van der Waals surface area contributed by atoms with Crippen LogP contribution in [-0.4, -0.2) is 33.7 Å². The van der Waals surface area contributed by atoms with Gasteiger partial charge in [0.25, 0.3) is 0 Å². The molecule has 1 heterocycles. The van der Waals surface area contributed by atoms with Crippen LogP contribution < -0.4 is 0 Å². The molecule has 0 bridgehead atoms. The lowest BCUT2D eigenvalue weighted by Crippen LogP contribution is -2.21. The Kier molecular flexibility index (Phi) is 3.22. The maximum atomic E-state index is 10.9. The number of carbonyl (C=O) groups excluding carboxylic acids is 1. The van der Waals surface area contributed by atoms with Gasteiger partial charge in [-0.3, -0.25) is 4.79 Å². The zero-order valence-electron chi connectivity index (χ0n) is 7.58. The molecule has 1 N–H and O–H groups in total. The highest BCUT2D eigenvalue weighted by molar-refractivity contribution is 5.80. The van der Waals surface area contributed by atoms with Gasteiger partial charge in [-0.05, 0) is 0 Å². The van der Waals surface area contributed by atoms with E-state index < -0.39 is 18.0 Å². The summed E-state index contributed by atoms with van der Waals surface area (Å²) < 4.78 is 5.74. The van der Waals surface area contributed by atoms with Crippen LogP contribution in [0.25, 0.3) is 0 Å². The van der Waals surface area contributed by atoms with Gasteiger partial charge >= 0.3 is 11.9 Å². The zero-order valence-corrected chi connectivity index (χ0v) is 7.58. The number of aromatic nitrogens is 2. The highest BCUT2D eigenvalue weighted by atomic mass is 16.5. The Hall–Kier alpha value is -1.85. The smallest absolute Gasteiger partial charge is 0.327 e. The molecule has 0 aliphatic rings. The minimum atomic E-state index is -1.09. The number of hydrogen-bond acceptors (Lipinski definition) is 4. The van der Waals surface area contributed by atoms with Gasteiger partial charge in [-0.15, -0.1) is 0 Å². The Balaban J connectivity index is 2.76. The van der Waals surface area contributed by atoms with E-state index in [1.54, 1.807) is 0 Å². The number of aliphatic carboxylic acids is 1. The number of hydrogen-bond donors (Lipinski definition) is 1. The maximum absolute atomic E-state index is 10.9. The van der Waals surface area contributed by atoms with Crippen LogP contribution in [-0.2, 0) is 14.3 Å². The normalized spacial score (nSPS) is 12.1. The minimum absolute atomic E-state index is 0.206. The molecule has 0 spiro atoms. The average Bonchev–Trinajstić information content (AvgIpc) is 2.65. The summed E-state index contributed by atoms with van der Waals surface area (Å²) in [5.41, 5.74) is 0. The van der Waals surface area contributed by atoms with E-state index in [1.807, 2.05) is 0 Å². The molecular formula is C8H10N2O4. The summed E-state index contributed by atoms with van der Waals surface area (Å²) in [4.78, 5) is 25.4. The molecule has 14 heavy (non-hydrogen) atoms. The van der Waals surface area contributed by atoms with Crippen LogP contribution in [0.2, 0.25) is 0 Å². The molecule has 0 unspecified atom stereocenters. The molecule has 0 radical (unpaired) electrons. The monoisotopic (exact) mass is 198 g/mol. The fourth-order valence-corrected chi connectivity index (χ4v) is 1.02. The van der Waals surface area contributed by atoms with Gasteiger partial charge in [0.2, 0.25) is 0 Å². The minimum Gasteiger partial charge on any atom is -0.480 e. The van der Waals surface area contributed by atoms with Crippen molar-refractivity contribution in [1.29, 1.82) is 0 Å². The largest absolute Gasteiger partial charge is 0.480 e. The number of ether oxygens (including phenoxy) is 1. The Morgan fingerprint density at radius 1 is 1.64 bits per heavy atom. The summed E-state index contributed by atoms with van der Waals surface area (Å²) in [5, 5.41) is 8.83. The molecule has 1 aromatic rings. The highest BCUT2D eigenvalue weighted by Gasteiger charge is 2.22. The van der Waals surface area contributed by atoms with Crippen molar-refractivity contribution in [2.24, 2.45) is 0 Å². The molecule has 6 nitrogen and oxygen atoms in total. The van der Waals surface area contributed by atoms with E-state index in [1.165, 1.54) is 30.4 Å². The van der Waals surface area contributed by atoms with Crippen LogP contribution in [0.4, 0.5) is 0 Å². The summed E-state index contributed by atoms with van der Waals surface area (Å²) in [6.07, 6.45) is 4.08. The second-order valence-electron chi connectivity index (χ2n) is 2.64. The quantitative estimate of drug-likeness (QED) is 0.692. The number of rotatable bonds is 4. The van der Waals surface area contributed by atoms with Crippen molar-refractivity contribution < 1.29 is 19.4 Å². The van der Waals surface area contributed by atoms with E-state index >= 15 is 0 Å². The van der Waals surface area contributed by atoms with Crippen LogP contribution in [0.15, 0.2) is 18.7 Å². The number of esters is 1. The van der Waals surface area contributed by atoms with E-state index in [9.17, 15) is 9.59 Å². The van der Waals surface area contributed by atoms with E-state index in [-0.39, 0.29) is 6.42 Å². The summed E-state index contributed by atoms with van der Waals surface area (Å²) in [6, 6.07) is -0.954. The first-order chi connectivity index (χ1) is 6.65. The van der Waals surface area contributed by atoms with Crippen molar-refractivity contribution in [2.75, 3.05) is 7.11 Å². The van der Waals surface area contributed by atoms with Crippen molar-refractivity contribution in [3.05, 3.63) is 18.7 Å². The van der Waals surface area contributed by atoms with Crippen LogP contribution >= 0.6 is 0 Å². The molecule has 0 saturated carbocycles. The van der Waals surface area contributed by atoms with Crippen molar-refractivity contribution in [2.45, 2.75) is 12.5 Å². The van der Waals surface area contributed by atoms with Crippen LogP contribution in [0.1, 0.15) is 12.5 Å². The molecule has 0 aliphatic carbocycles. The molecule has 6 heteroatoms. The van der Waals surface area contributed by atoms with Gasteiger partial charge in [0.15, 0.2) is 0 Å². The third-order valence-corrected chi connectivity index (χ3v) is 1.76. The van der Waals surface area contributed by atoms with Gasteiger partial charge in [0, 0.05) is 12.4 Å². The van der Waals surface area contributed by atoms with Gasteiger partial charge < -0.3 is 14.4 Å². The number of methoxy groups -OCH3 is 1. The molecular weight excluding hydrogens is 188 g/mol. The number of carboxylic acid groups (broad SMARTS) is 1. The van der Waals surface area contributed by atoms with Crippen LogP contribution in [0.3, 0.4) is 0 Å². The fraction of sp³-hybridized carbons (Fsp3) is 0.375. The van der Waals surface area contributed by atoms with Gasteiger partial charge in [-0.25, -0.2) is 9.78 Å². The lowest BCUT2D eigenvalue weighted by Gasteiger charge is -2.11. The van der Waals surface area contributed by atoms with Crippen molar-refractivity contribution in [1.82, 2.24) is 9.55 Å². The zero-order chi connectivity index (χ0) is 10.6. The van der Waals surface area contributed by atoms with Crippen LogP contribution in [0, 0.1) is 0 Å². The first kappa shape index (κ1) is 10.2. The lowest BCUT2D eigenvalue weighted by atomic mass is 10.2. The van der Waals surface area contributed by atoms with Crippen molar-refractivity contribution >= 4 is 11.9 Å². The molecule has 1 aromatic heterocycles. The summed E-state index contributed by atoms with van der Waals surface area (Å²) in [6.45, 7) is 0. The van der Waals surface area contributed by atoms with Gasteiger partial charge in [-0.2, -0.15) is 0 Å². The topological polar surface area (TPSA) is 81.4 Å². The molecule has 0 fully saturated rings. The lowest BCUT2D eigenvalue weighted by molar-refractivity contribution is -0.149. The standard InChI is InChI=1S/C8H10N2O4/c1-14-7(11)4-6(8(12)13)10-3-2-9-5-10/h2-3,5-6H,4H2,1H3,(H,12,13)/t6-/m1/s1. The van der Waals surface area contributed by atoms with Crippen molar-refractivity contribution in [3.8, 4) is 0 Å². The SMILES string of the molecule is COC(=O)C[C@H](C(=O)O)n1ccnc1. The number of nitrogens with zero attached hydrogens (tertiary/aromatic N) is 2. The summed E-state index contributed by atoms with van der Waals surface area (Å²) in [5.74, 6) is -1.65.